The summed E-state index contributed by atoms with van der Waals surface area (Å²) in [7, 11) is 0. The van der Waals surface area contributed by atoms with Crippen LogP contribution in [-0.4, -0.2) is 5.91 Å². The number of rotatable bonds is 4. The van der Waals surface area contributed by atoms with Gasteiger partial charge in [-0.15, -0.1) is 0 Å². The maximum Gasteiger partial charge on any atom is 0.416 e. The first-order valence-corrected chi connectivity index (χ1v) is 6.87. The van der Waals surface area contributed by atoms with Gasteiger partial charge < -0.3 is 5.32 Å². The molecule has 0 saturated carbocycles. The Labute approximate surface area is 127 Å². The van der Waals surface area contributed by atoms with E-state index in [-0.39, 0.29) is 12.3 Å². The van der Waals surface area contributed by atoms with E-state index < -0.39 is 11.7 Å². The molecular weight excluding hydrogens is 291 g/mol. The average molecular weight is 307 g/mol. The molecule has 0 aliphatic rings. The molecule has 0 aromatic heterocycles. The van der Waals surface area contributed by atoms with Gasteiger partial charge in [-0.3, -0.25) is 4.79 Å². The highest BCUT2D eigenvalue weighted by molar-refractivity contribution is 5.90. The van der Waals surface area contributed by atoms with Gasteiger partial charge in [0.25, 0.3) is 0 Å². The van der Waals surface area contributed by atoms with Crippen LogP contribution in [0.2, 0.25) is 0 Å². The molecule has 2 nitrogen and oxygen atoms in total. The summed E-state index contributed by atoms with van der Waals surface area (Å²) in [5.74, 6) is -0.222. The van der Waals surface area contributed by atoms with E-state index in [2.05, 4.69) is 5.32 Å². The number of nitrogens with one attached hydrogen (secondary N) is 1. The normalized spacial score (nSPS) is 11.3. The Morgan fingerprint density at radius 1 is 1.00 bits per heavy atom. The van der Waals surface area contributed by atoms with E-state index in [0.29, 0.717) is 12.1 Å². The second-order valence-corrected chi connectivity index (χ2v) is 5.11. The quantitative estimate of drug-likeness (QED) is 0.879. The van der Waals surface area contributed by atoms with E-state index in [4.69, 9.17) is 0 Å². The number of alkyl halides is 3. The third-order valence-corrected chi connectivity index (χ3v) is 3.26. The molecule has 1 amide bonds. The largest absolute Gasteiger partial charge is 0.416 e. The summed E-state index contributed by atoms with van der Waals surface area (Å²) in [6.45, 7) is 1.99. The molecule has 0 radical (unpaired) electrons. The third kappa shape index (κ3) is 4.62. The van der Waals surface area contributed by atoms with Crippen LogP contribution in [-0.2, 0) is 17.4 Å². The van der Waals surface area contributed by atoms with Crippen LogP contribution < -0.4 is 5.32 Å². The Morgan fingerprint density at radius 3 is 2.14 bits per heavy atom. The smallest absolute Gasteiger partial charge is 0.326 e. The summed E-state index contributed by atoms with van der Waals surface area (Å²) in [6, 6.07) is 12.3. The van der Waals surface area contributed by atoms with Crippen molar-refractivity contribution in [3.05, 3.63) is 65.2 Å². The van der Waals surface area contributed by atoms with Crippen molar-refractivity contribution in [3.63, 3.8) is 0 Å². The van der Waals surface area contributed by atoms with Crippen molar-refractivity contribution in [3.8, 4) is 0 Å². The van der Waals surface area contributed by atoms with Crippen LogP contribution in [0.15, 0.2) is 48.5 Å². The Kier molecular flexibility index (Phi) is 4.85. The monoisotopic (exact) mass is 307 g/mol. The Balaban J connectivity index is 1.88. The van der Waals surface area contributed by atoms with Crippen LogP contribution in [0.25, 0.3) is 0 Å². The van der Waals surface area contributed by atoms with Crippen molar-refractivity contribution >= 4 is 11.6 Å². The minimum absolute atomic E-state index is 0.222. The van der Waals surface area contributed by atoms with E-state index in [0.717, 1.165) is 23.3 Å². The lowest BCUT2D eigenvalue weighted by molar-refractivity contribution is -0.137. The summed E-state index contributed by atoms with van der Waals surface area (Å²) < 4.78 is 37.3. The van der Waals surface area contributed by atoms with Gasteiger partial charge in [-0.05, 0) is 43.2 Å². The number of aryl methyl sites for hydroxylation is 2. The SMILES string of the molecule is Cc1ccc(CCC(=O)Nc2ccc(C(F)(F)F)cc2)cc1. The van der Waals surface area contributed by atoms with Gasteiger partial charge in [0.1, 0.15) is 0 Å². The molecule has 0 saturated heterocycles. The second kappa shape index (κ2) is 6.64. The number of amides is 1. The fourth-order valence-corrected chi connectivity index (χ4v) is 1.98. The van der Waals surface area contributed by atoms with Gasteiger partial charge in [-0.1, -0.05) is 29.8 Å². The maximum absolute atomic E-state index is 12.4. The van der Waals surface area contributed by atoms with Crippen molar-refractivity contribution in [1.82, 2.24) is 0 Å². The van der Waals surface area contributed by atoms with Crippen molar-refractivity contribution in [2.24, 2.45) is 0 Å². The zero-order valence-corrected chi connectivity index (χ0v) is 12.1. The molecule has 0 spiro atoms. The molecule has 2 aromatic carbocycles. The minimum atomic E-state index is -4.37. The Morgan fingerprint density at radius 2 is 1.59 bits per heavy atom. The Bertz CT molecular complexity index is 630. The topological polar surface area (TPSA) is 29.1 Å². The molecular formula is C17H16F3NO. The number of carbonyl (C=O) groups excluding carboxylic acids is 1. The molecule has 2 rings (SSSR count). The van der Waals surface area contributed by atoms with E-state index in [1.807, 2.05) is 31.2 Å². The predicted octanol–water partition coefficient (Wildman–Crippen LogP) is 4.59. The molecule has 0 unspecified atom stereocenters. The number of anilines is 1. The first-order valence-electron chi connectivity index (χ1n) is 6.87. The zero-order chi connectivity index (χ0) is 16.2. The maximum atomic E-state index is 12.4. The third-order valence-electron chi connectivity index (χ3n) is 3.26. The van der Waals surface area contributed by atoms with Gasteiger partial charge in [-0.25, -0.2) is 0 Å². The van der Waals surface area contributed by atoms with Crippen LogP contribution >= 0.6 is 0 Å². The summed E-state index contributed by atoms with van der Waals surface area (Å²) in [5, 5.41) is 2.60. The fourth-order valence-electron chi connectivity index (χ4n) is 1.98. The lowest BCUT2D eigenvalue weighted by atomic mass is 10.1. The molecule has 0 aliphatic heterocycles. The highest BCUT2D eigenvalue weighted by Crippen LogP contribution is 2.29. The van der Waals surface area contributed by atoms with Gasteiger partial charge in [0.15, 0.2) is 0 Å². The number of carbonyl (C=O) groups is 1. The molecule has 2 aromatic rings. The van der Waals surface area contributed by atoms with Crippen LogP contribution in [0.5, 0.6) is 0 Å². The lowest BCUT2D eigenvalue weighted by Crippen LogP contribution is -2.12. The molecule has 1 N–H and O–H groups in total. The first-order chi connectivity index (χ1) is 10.3. The highest BCUT2D eigenvalue weighted by Gasteiger charge is 2.29. The zero-order valence-electron chi connectivity index (χ0n) is 12.1. The summed E-state index contributed by atoms with van der Waals surface area (Å²) in [5.41, 5.74) is 1.83. The van der Waals surface area contributed by atoms with Crippen LogP contribution in [0.4, 0.5) is 18.9 Å². The molecule has 0 aliphatic carbocycles. The fraction of sp³-hybridized carbons (Fsp3) is 0.235. The van der Waals surface area contributed by atoms with Crippen LogP contribution in [0.3, 0.4) is 0 Å². The Hall–Kier alpha value is -2.30. The predicted molar refractivity (Wildman–Crippen MR) is 79.6 cm³/mol. The van der Waals surface area contributed by atoms with E-state index in [9.17, 15) is 18.0 Å². The molecule has 0 bridgehead atoms. The standard InChI is InChI=1S/C17H16F3NO/c1-12-2-4-13(5-3-12)6-11-16(22)21-15-9-7-14(8-10-15)17(18,19)20/h2-5,7-10H,6,11H2,1H3,(H,21,22). The van der Waals surface area contributed by atoms with Crippen LogP contribution in [0.1, 0.15) is 23.1 Å². The van der Waals surface area contributed by atoms with Gasteiger partial charge in [0.2, 0.25) is 5.91 Å². The minimum Gasteiger partial charge on any atom is -0.326 e. The number of benzene rings is 2. The molecule has 116 valence electrons. The molecule has 22 heavy (non-hydrogen) atoms. The van der Waals surface area contributed by atoms with Gasteiger partial charge in [-0.2, -0.15) is 13.2 Å². The average Bonchev–Trinajstić information content (AvgIpc) is 2.46. The summed E-state index contributed by atoms with van der Waals surface area (Å²) >= 11 is 0. The van der Waals surface area contributed by atoms with Gasteiger partial charge in [0.05, 0.1) is 5.56 Å². The number of halogens is 3. The molecule has 0 fully saturated rings. The van der Waals surface area contributed by atoms with E-state index in [1.165, 1.54) is 12.1 Å². The highest BCUT2D eigenvalue weighted by atomic mass is 19.4. The summed E-state index contributed by atoms with van der Waals surface area (Å²) in [6.07, 6.45) is -3.50. The lowest BCUT2D eigenvalue weighted by Gasteiger charge is -2.09. The number of hydrogen-bond acceptors (Lipinski definition) is 1. The van der Waals surface area contributed by atoms with Gasteiger partial charge in [0, 0.05) is 12.1 Å². The summed E-state index contributed by atoms with van der Waals surface area (Å²) in [4.78, 5) is 11.8. The van der Waals surface area contributed by atoms with Crippen molar-refractivity contribution in [1.29, 1.82) is 0 Å². The van der Waals surface area contributed by atoms with E-state index >= 15 is 0 Å². The van der Waals surface area contributed by atoms with Crippen LogP contribution in [0, 0.1) is 6.92 Å². The van der Waals surface area contributed by atoms with Gasteiger partial charge >= 0.3 is 6.18 Å². The van der Waals surface area contributed by atoms with Crippen molar-refractivity contribution in [2.45, 2.75) is 25.9 Å². The van der Waals surface area contributed by atoms with Crippen molar-refractivity contribution in [2.75, 3.05) is 5.32 Å². The molecule has 0 atom stereocenters. The molecule has 0 heterocycles. The van der Waals surface area contributed by atoms with Crippen molar-refractivity contribution < 1.29 is 18.0 Å². The molecule has 5 heteroatoms. The number of hydrogen-bond donors (Lipinski definition) is 1. The second-order valence-electron chi connectivity index (χ2n) is 5.11. The first kappa shape index (κ1) is 16.1. The van der Waals surface area contributed by atoms with E-state index in [1.54, 1.807) is 0 Å².